The van der Waals surface area contributed by atoms with Crippen molar-refractivity contribution in [2.45, 2.75) is 56.4 Å². The van der Waals surface area contributed by atoms with E-state index in [4.69, 9.17) is 4.74 Å². The summed E-state index contributed by atoms with van der Waals surface area (Å²) in [5, 5.41) is 3.51. The molecule has 0 aliphatic heterocycles. The molecule has 0 saturated carbocycles. The summed E-state index contributed by atoms with van der Waals surface area (Å²) < 4.78 is 18.8. The molecule has 0 saturated heterocycles. The van der Waals surface area contributed by atoms with Crippen LogP contribution in [0.25, 0.3) is 0 Å². The van der Waals surface area contributed by atoms with Gasteiger partial charge in [0.05, 0.1) is 5.69 Å². The molecule has 28 heavy (non-hydrogen) atoms. The number of aromatic nitrogens is 2. The number of benzene rings is 1. The number of nitrogens with one attached hydrogen (secondary N) is 1. The van der Waals surface area contributed by atoms with Crippen LogP contribution >= 0.6 is 11.8 Å². The standard InChI is InChI=1S/C21H26FN3O2S/c1-2-3-4-12-23-19(26)13-27-20-17-6-5-7-18(17)24-21(25-20)28-14-15-8-10-16(22)11-9-15/h8-11H,2-7,12-14H2,1H3,(H,23,26). The Bertz CT molecular complexity index is 799. The molecule has 1 aromatic carbocycles. The minimum atomic E-state index is -0.244. The van der Waals surface area contributed by atoms with E-state index in [2.05, 4.69) is 22.2 Å². The maximum absolute atomic E-state index is 13.0. The largest absolute Gasteiger partial charge is 0.467 e. The first-order valence-electron chi connectivity index (χ1n) is 9.82. The van der Waals surface area contributed by atoms with E-state index in [1.54, 1.807) is 12.1 Å². The van der Waals surface area contributed by atoms with Gasteiger partial charge in [0.15, 0.2) is 11.8 Å². The lowest BCUT2D eigenvalue weighted by atomic mass is 10.2. The molecule has 5 nitrogen and oxygen atoms in total. The molecule has 1 N–H and O–H groups in total. The molecule has 1 aliphatic rings. The molecule has 1 amide bonds. The fourth-order valence-electron chi connectivity index (χ4n) is 3.08. The summed E-state index contributed by atoms with van der Waals surface area (Å²) in [6, 6.07) is 6.42. The summed E-state index contributed by atoms with van der Waals surface area (Å²) in [5.74, 6) is 0.803. The molecule has 7 heteroatoms. The molecular weight excluding hydrogens is 377 g/mol. The summed E-state index contributed by atoms with van der Waals surface area (Å²) in [7, 11) is 0. The molecule has 1 aromatic heterocycles. The molecule has 150 valence electrons. The third-order valence-corrected chi connectivity index (χ3v) is 5.52. The Kier molecular flexibility index (Phi) is 7.65. The van der Waals surface area contributed by atoms with Crippen LogP contribution in [-0.4, -0.2) is 29.0 Å². The Morgan fingerprint density at radius 3 is 2.82 bits per heavy atom. The summed E-state index contributed by atoms with van der Waals surface area (Å²) in [6.07, 6.45) is 6.02. The highest BCUT2D eigenvalue weighted by atomic mass is 32.2. The number of hydrogen-bond donors (Lipinski definition) is 1. The quantitative estimate of drug-likeness (QED) is 0.368. The van der Waals surface area contributed by atoms with Crippen LogP contribution in [0.2, 0.25) is 0 Å². The van der Waals surface area contributed by atoms with Gasteiger partial charge in [0, 0.05) is 17.9 Å². The van der Waals surface area contributed by atoms with Gasteiger partial charge < -0.3 is 10.1 Å². The second-order valence-electron chi connectivity index (χ2n) is 6.85. The Hall–Kier alpha value is -2.15. The molecule has 0 spiro atoms. The number of nitrogens with zero attached hydrogens (tertiary/aromatic N) is 2. The van der Waals surface area contributed by atoms with Crippen molar-refractivity contribution >= 4 is 17.7 Å². The zero-order chi connectivity index (χ0) is 19.8. The van der Waals surface area contributed by atoms with Gasteiger partial charge in [-0.25, -0.2) is 9.37 Å². The van der Waals surface area contributed by atoms with Gasteiger partial charge >= 0.3 is 0 Å². The highest BCUT2D eigenvalue weighted by Gasteiger charge is 2.21. The molecule has 3 rings (SSSR count). The number of thioether (sulfide) groups is 1. The topological polar surface area (TPSA) is 64.1 Å². The Balaban J connectivity index is 1.59. The number of unbranched alkanes of at least 4 members (excludes halogenated alkanes) is 2. The number of fused-ring (bicyclic) bond motifs is 1. The van der Waals surface area contributed by atoms with Crippen molar-refractivity contribution in [2.75, 3.05) is 13.2 Å². The lowest BCUT2D eigenvalue weighted by Gasteiger charge is -2.11. The zero-order valence-corrected chi connectivity index (χ0v) is 17.0. The van der Waals surface area contributed by atoms with Crippen LogP contribution in [0.4, 0.5) is 4.39 Å². The predicted octanol–water partition coefficient (Wildman–Crippen LogP) is 4.08. The number of rotatable bonds is 10. The minimum Gasteiger partial charge on any atom is -0.467 e. The van der Waals surface area contributed by atoms with Crippen LogP contribution in [-0.2, 0) is 23.4 Å². The van der Waals surface area contributed by atoms with Crippen molar-refractivity contribution in [2.24, 2.45) is 0 Å². The Morgan fingerprint density at radius 1 is 1.21 bits per heavy atom. The highest BCUT2D eigenvalue weighted by molar-refractivity contribution is 7.98. The molecule has 0 fully saturated rings. The molecule has 1 heterocycles. The lowest BCUT2D eigenvalue weighted by Crippen LogP contribution is -2.30. The number of ether oxygens (including phenoxy) is 1. The van der Waals surface area contributed by atoms with Crippen LogP contribution < -0.4 is 10.1 Å². The average molecular weight is 404 g/mol. The van der Waals surface area contributed by atoms with E-state index < -0.39 is 0 Å². The van der Waals surface area contributed by atoms with Crippen LogP contribution in [0.15, 0.2) is 29.4 Å². The van der Waals surface area contributed by atoms with Crippen molar-refractivity contribution in [3.05, 3.63) is 46.9 Å². The maximum Gasteiger partial charge on any atom is 0.258 e. The van der Waals surface area contributed by atoms with E-state index >= 15 is 0 Å². The van der Waals surface area contributed by atoms with E-state index in [0.29, 0.717) is 23.3 Å². The normalized spacial score (nSPS) is 12.6. The third kappa shape index (κ3) is 5.92. The van der Waals surface area contributed by atoms with Crippen molar-refractivity contribution in [3.63, 3.8) is 0 Å². The Labute approximate surface area is 169 Å². The third-order valence-electron chi connectivity index (χ3n) is 4.60. The number of carbonyl (C=O) groups excluding carboxylic acids is 1. The van der Waals surface area contributed by atoms with E-state index in [1.807, 2.05) is 0 Å². The van der Waals surface area contributed by atoms with Crippen LogP contribution in [0, 0.1) is 5.82 Å². The summed E-state index contributed by atoms with van der Waals surface area (Å²) in [5.41, 5.74) is 3.03. The van der Waals surface area contributed by atoms with Crippen molar-refractivity contribution < 1.29 is 13.9 Å². The number of hydrogen-bond acceptors (Lipinski definition) is 5. The summed E-state index contributed by atoms with van der Waals surface area (Å²) in [6.45, 7) is 2.78. The van der Waals surface area contributed by atoms with Crippen LogP contribution in [0.3, 0.4) is 0 Å². The maximum atomic E-state index is 13.0. The molecule has 0 atom stereocenters. The molecule has 2 aromatic rings. The van der Waals surface area contributed by atoms with Crippen molar-refractivity contribution in [1.29, 1.82) is 0 Å². The number of aryl methyl sites for hydroxylation is 1. The molecule has 0 unspecified atom stereocenters. The van der Waals surface area contributed by atoms with Gasteiger partial charge in [-0.3, -0.25) is 4.79 Å². The van der Waals surface area contributed by atoms with Gasteiger partial charge in [-0.05, 0) is 43.4 Å². The second-order valence-corrected chi connectivity index (χ2v) is 7.79. The zero-order valence-electron chi connectivity index (χ0n) is 16.2. The fraction of sp³-hybridized carbons (Fsp3) is 0.476. The fourth-order valence-corrected chi connectivity index (χ4v) is 3.89. The first kappa shape index (κ1) is 20.6. The SMILES string of the molecule is CCCCCNC(=O)COc1nc(SCc2ccc(F)cc2)nc2c1CCC2. The van der Waals surface area contributed by atoms with E-state index in [1.165, 1.54) is 23.9 Å². The van der Waals surface area contributed by atoms with Crippen molar-refractivity contribution in [1.82, 2.24) is 15.3 Å². The average Bonchev–Trinajstić information content (AvgIpc) is 3.18. The van der Waals surface area contributed by atoms with Gasteiger partial charge in [-0.15, -0.1) is 0 Å². The van der Waals surface area contributed by atoms with E-state index in [0.717, 1.165) is 55.3 Å². The first-order chi connectivity index (χ1) is 13.7. The van der Waals surface area contributed by atoms with Crippen LogP contribution in [0.5, 0.6) is 5.88 Å². The summed E-state index contributed by atoms with van der Waals surface area (Å²) >= 11 is 1.49. The van der Waals surface area contributed by atoms with Gasteiger partial charge in [-0.1, -0.05) is 43.7 Å². The van der Waals surface area contributed by atoms with E-state index in [9.17, 15) is 9.18 Å². The van der Waals surface area contributed by atoms with Gasteiger partial charge in [0.25, 0.3) is 5.91 Å². The first-order valence-corrected chi connectivity index (χ1v) is 10.8. The number of amides is 1. The molecule has 0 bridgehead atoms. The smallest absolute Gasteiger partial charge is 0.258 e. The van der Waals surface area contributed by atoms with Crippen molar-refractivity contribution in [3.8, 4) is 5.88 Å². The Morgan fingerprint density at radius 2 is 2.04 bits per heavy atom. The summed E-state index contributed by atoms with van der Waals surface area (Å²) in [4.78, 5) is 21.2. The number of carbonyl (C=O) groups is 1. The van der Waals surface area contributed by atoms with Gasteiger partial charge in [0.1, 0.15) is 5.82 Å². The number of halogens is 1. The molecular formula is C21H26FN3O2S. The van der Waals surface area contributed by atoms with E-state index in [-0.39, 0.29) is 18.3 Å². The monoisotopic (exact) mass is 403 g/mol. The lowest BCUT2D eigenvalue weighted by molar-refractivity contribution is -0.123. The molecule has 1 aliphatic carbocycles. The second kappa shape index (κ2) is 10.4. The minimum absolute atomic E-state index is 0.0301. The predicted molar refractivity (Wildman–Crippen MR) is 108 cm³/mol. The molecule has 0 radical (unpaired) electrons. The van der Waals surface area contributed by atoms with Gasteiger partial charge in [0.2, 0.25) is 5.88 Å². The van der Waals surface area contributed by atoms with Crippen LogP contribution in [0.1, 0.15) is 49.4 Å². The van der Waals surface area contributed by atoms with Gasteiger partial charge in [-0.2, -0.15) is 4.98 Å². The highest BCUT2D eigenvalue weighted by Crippen LogP contribution is 2.31.